The Morgan fingerprint density at radius 1 is 1.02 bits per heavy atom. The molecule has 0 bridgehead atoms. The molecular weight excluding hydrogens is 541 g/mol. The number of nitrogens with zero attached hydrogens (tertiary/aromatic N) is 2. The minimum atomic E-state index is -0.868. The minimum absolute atomic E-state index is 0.0257. The molecule has 11 heteroatoms. The zero-order valence-electron chi connectivity index (χ0n) is 25.9. The molecule has 234 valence electrons. The Balaban J connectivity index is 1.77. The topological polar surface area (TPSA) is 120 Å². The largest absolute Gasteiger partial charge is 0.444 e. The van der Waals surface area contributed by atoms with Crippen LogP contribution >= 0.6 is 0 Å². The zero-order valence-corrected chi connectivity index (χ0v) is 25.9. The van der Waals surface area contributed by atoms with Crippen molar-refractivity contribution in [1.29, 1.82) is 0 Å². The molecule has 1 saturated heterocycles. The number of alkyl carbamates (subject to hydrolysis) is 1. The summed E-state index contributed by atoms with van der Waals surface area (Å²) >= 11 is 0. The molecule has 1 heterocycles. The number of halogens is 1. The van der Waals surface area contributed by atoms with Gasteiger partial charge >= 0.3 is 6.09 Å². The maximum absolute atomic E-state index is 15.4. The third-order valence-corrected chi connectivity index (χ3v) is 8.07. The lowest BCUT2D eigenvalue weighted by Crippen LogP contribution is -2.55. The van der Waals surface area contributed by atoms with Crippen molar-refractivity contribution >= 4 is 29.5 Å². The molecule has 0 spiro atoms. The van der Waals surface area contributed by atoms with Crippen LogP contribution in [0.4, 0.5) is 14.9 Å². The van der Waals surface area contributed by atoms with E-state index in [1.807, 2.05) is 7.05 Å². The highest BCUT2D eigenvalue weighted by Crippen LogP contribution is 2.29. The van der Waals surface area contributed by atoms with Crippen LogP contribution in [0.25, 0.3) is 0 Å². The van der Waals surface area contributed by atoms with Crippen LogP contribution in [-0.2, 0) is 19.1 Å². The molecule has 1 aromatic rings. The van der Waals surface area contributed by atoms with Crippen LogP contribution in [0.3, 0.4) is 0 Å². The summed E-state index contributed by atoms with van der Waals surface area (Å²) in [6, 6.07) is 2.69. The highest BCUT2D eigenvalue weighted by atomic mass is 19.1. The Morgan fingerprint density at radius 3 is 2.24 bits per heavy atom. The first-order valence-corrected chi connectivity index (χ1v) is 15.2. The van der Waals surface area contributed by atoms with Crippen molar-refractivity contribution in [3.05, 3.63) is 29.6 Å². The van der Waals surface area contributed by atoms with Gasteiger partial charge in [-0.05, 0) is 64.3 Å². The van der Waals surface area contributed by atoms with Gasteiger partial charge in [-0.2, -0.15) is 0 Å². The fourth-order valence-corrected chi connectivity index (χ4v) is 5.52. The first kappa shape index (κ1) is 33.3. The molecule has 1 aromatic carbocycles. The van der Waals surface area contributed by atoms with Crippen molar-refractivity contribution in [1.82, 2.24) is 20.4 Å². The van der Waals surface area contributed by atoms with Crippen molar-refractivity contribution in [2.24, 2.45) is 5.92 Å². The molecule has 2 fully saturated rings. The second kappa shape index (κ2) is 14.8. The van der Waals surface area contributed by atoms with E-state index in [0.29, 0.717) is 18.7 Å². The monoisotopic (exact) mass is 589 g/mol. The number of likely N-dealkylation sites (N-methyl/N-ethyl adjacent to an activating group) is 1. The van der Waals surface area contributed by atoms with Crippen molar-refractivity contribution in [2.45, 2.75) is 96.7 Å². The number of hydrogen-bond acceptors (Lipinski definition) is 6. The Hall–Kier alpha value is -3.21. The summed E-state index contributed by atoms with van der Waals surface area (Å²) in [5, 5.41) is 8.21. The van der Waals surface area contributed by atoms with Crippen molar-refractivity contribution < 1.29 is 28.3 Å². The smallest absolute Gasteiger partial charge is 0.408 e. The Labute approximate surface area is 249 Å². The molecule has 3 rings (SSSR count). The van der Waals surface area contributed by atoms with Crippen LogP contribution in [0.15, 0.2) is 18.2 Å². The summed E-state index contributed by atoms with van der Waals surface area (Å²) in [4.78, 5) is 55.6. The highest BCUT2D eigenvalue weighted by molar-refractivity contribution is 5.97. The number of carbonyl (C=O) groups excluding carboxylic acids is 4. The number of piperazine rings is 1. The number of carbonyl (C=O) groups is 4. The predicted octanol–water partition coefficient (Wildman–Crippen LogP) is 4.01. The fraction of sp³-hybridized carbons (Fsp3) is 0.677. The standard InChI is InChI=1S/C31H48FN5O5/c1-7-25(38)34-26(29(40)37-17-15-36(6)16-18-37)20(2)22-13-14-24(23(32)19-22)33-28(39)27(21-11-9-8-10-12-21)35-30(41)42-31(3,4)5/h13-14,19-21,26-27H,7-12,15-18H2,1-6H3,(H,33,39)(H,34,38)(H,35,41). The van der Waals surface area contributed by atoms with Gasteiger partial charge in [-0.15, -0.1) is 0 Å². The average Bonchev–Trinajstić information content (AvgIpc) is 2.94. The number of benzene rings is 1. The number of anilines is 1. The molecule has 1 saturated carbocycles. The van der Waals surface area contributed by atoms with Gasteiger partial charge in [-0.25, -0.2) is 9.18 Å². The van der Waals surface area contributed by atoms with Crippen LogP contribution in [0.2, 0.25) is 0 Å². The van der Waals surface area contributed by atoms with E-state index in [1.165, 1.54) is 12.1 Å². The van der Waals surface area contributed by atoms with Gasteiger partial charge in [0.2, 0.25) is 17.7 Å². The van der Waals surface area contributed by atoms with Crippen LogP contribution in [0, 0.1) is 11.7 Å². The third-order valence-electron chi connectivity index (χ3n) is 8.07. The van der Waals surface area contributed by atoms with E-state index in [4.69, 9.17) is 4.74 Å². The van der Waals surface area contributed by atoms with Crippen LogP contribution in [0.1, 0.15) is 84.6 Å². The van der Waals surface area contributed by atoms with Crippen molar-refractivity contribution in [2.75, 3.05) is 38.5 Å². The number of rotatable bonds is 9. The SMILES string of the molecule is CCC(=O)NC(C(=O)N1CCN(C)CC1)C(C)c1ccc(NC(=O)C(NC(=O)OC(C)(C)C)C2CCCCC2)c(F)c1. The third kappa shape index (κ3) is 9.40. The fourth-order valence-electron chi connectivity index (χ4n) is 5.52. The van der Waals surface area contributed by atoms with Gasteiger partial charge in [0, 0.05) is 38.5 Å². The van der Waals surface area contributed by atoms with Crippen molar-refractivity contribution in [3.8, 4) is 0 Å². The lowest BCUT2D eigenvalue weighted by molar-refractivity contribution is -0.138. The number of amides is 4. The van der Waals surface area contributed by atoms with E-state index in [2.05, 4.69) is 20.9 Å². The molecule has 42 heavy (non-hydrogen) atoms. The molecule has 3 atom stereocenters. The van der Waals surface area contributed by atoms with Crippen LogP contribution < -0.4 is 16.0 Å². The van der Waals surface area contributed by atoms with E-state index in [-0.39, 0.29) is 29.8 Å². The second-order valence-electron chi connectivity index (χ2n) is 12.6. The summed E-state index contributed by atoms with van der Waals surface area (Å²) in [6.45, 7) is 11.3. The molecule has 0 aromatic heterocycles. The summed E-state index contributed by atoms with van der Waals surface area (Å²) < 4.78 is 20.8. The molecule has 4 amide bonds. The Kier molecular flexibility index (Phi) is 11.7. The van der Waals surface area contributed by atoms with Gasteiger partial charge < -0.3 is 30.5 Å². The normalized spacial score (nSPS) is 18.9. The molecule has 3 N–H and O–H groups in total. The predicted molar refractivity (Wildman–Crippen MR) is 159 cm³/mol. The summed E-state index contributed by atoms with van der Waals surface area (Å²) in [5.74, 6) is -2.23. The molecule has 1 aliphatic carbocycles. The van der Waals surface area contributed by atoms with Gasteiger partial charge in [0.05, 0.1) is 5.69 Å². The van der Waals surface area contributed by atoms with E-state index in [9.17, 15) is 19.2 Å². The van der Waals surface area contributed by atoms with Gasteiger partial charge in [-0.3, -0.25) is 14.4 Å². The molecule has 2 aliphatic rings. The number of hydrogen-bond donors (Lipinski definition) is 3. The van der Waals surface area contributed by atoms with E-state index >= 15 is 4.39 Å². The molecule has 10 nitrogen and oxygen atoms in total. The first-order chi connectivity index (χ1) is 19.8. The first-order valence-electron chi connectivity index (χ1n) is 15.2. The van der Waals surface area contributed by atoms with Crippen LogP contribution in [-0.4, -0.2) is 84.5 Å². The minimum Gasteiger partial charge on any atom is -0.444 e. The average molecular weight is 590 g/mol. The summed E-state index contributed by atoms with van der Waals surface area (Å²) in [5.41, 5.74) is -0.233. The number of ether oxygens (including phenoxy) is 1. The van der Waals surface area contributed by atoms with E-state index in [0.717, 1.165) is 45.2 Å². The molecule has 3 unspecified atom stereocenters. The Bertz CT molecular complexity index is 1110. The van der Waals surface area contributed by atoms with Gasteiger partial charge in [-0.1, -0.05) is 39.2 Å². The zero-order chi connectivity index (χ0) is 31.0. The van der Waals surface area contributed by atoms with Gasteiger partial charge in [0.1, 0.15) is 23.5 Å². The van der Waals surface area contributed by atoms with E-state index < -0.39 is 41.4 Å². The quantitative estimate of drug-likeness (QED) is 0.401. The van der Waals surface area contributed by atoms with Gasteiger partial charge in [0.25, 0.3) is 0 Å². The van der Waals surface area contributed by atoms with Crippen molar-refractivity contribution in [3.63, 3.8) is 0 Å². The number of nitrogens with one attached hydrogen (secondary N) is 3. The lowest BCUT2D eigenvalue weighted by Gasteiger charge is -2.36. The molecule has 1 aliphatic heterocycles. The second-order valence-corrected chi connectivity index (χ2v) is 12.6. The highest BCUT2D eigenvalue weighted by Gasteiger charge is 2.35. The van der Waals surface area contributed by atoms with Gasteiger partial charge in [0.15, 0.2) is 0 Å². The lowest BCUT2D eigenvalue weighted by atomic mass is 9.83. The molecular formula is C31H48FN5O5. The maximum Gasteiger partial charge on any atom is 0.408 e. The Morgan fingerprint density at radius 2 is 1.67 bits per heavy atom. The summed E-state index contributed by atoms with van der Waals surface area (Å²) in [6.07, 6.45) is 4.06. The molecule has 0 radical (unpaired) electrons. The van der Waals surface area contributed by atoms with E-state index in [1.54, 1.807) is 45.6 Å². The summed E-state index contributed by atoms with van der Waals surface area (Å²) in [7, 11) is 1.99. The maximum atomic E-state index is 15.4. The van der Waals surface area contributed by atoms with Crippen LogP contribution in [0.5, 0.6) is 0 Å².